The normalized spacial score (nSPS) is 12.2. The lowest BCUT2D eigenvalue weighted by Crippen LogP contribution is -2.24. The number of rotatable bonds is 4. The molecule has 2 N–H and O–H groups in total. The second-order valence-electron chi connectivity index (χ2n) is 7.82. The summed E-state index contributed by atoms with van der Waals surface area (Å²) in [6.45, 7) is 11.4. The van der Waals surface area contributed by atoms with Gasteiger partial charge in [0.25, 0.3) is 0 Å². The molecule has 0 aliphatic rings. The molecule has 0 radical (unpaired) electrons. The van der Waals surface area contributed by atoms with Gasteiger partial charge in [-0.1, -0.05) is 46.8 Å². The van der Waals surface area contributed by atoms with Gasteiger partial charge >= 0.3 is 0 Å². The van der Waals surface area contributed by atoms with Crippen molar-refractivity contribution in [1.29, 1.82) is 0 Å². The average Bonchev–Trinajstić information content (AvgIpc) is 2.39. The van der Waals surface area contributed by atoms with Gasteiger partial charge in [-0.25, -0.2) is 0 Å². The van der Waals surface area contributed by atoms with Gasteiger partial charge in [-0.3, -0.25) is 0 Å². The summed E-state index contributed by atoms with van der Waals surface area (Å²) in [5, 5.41) is 0. The Labute approximate surface area is 134 Å². The van der Waals surface area contributed by atoms with E-state index in [1.807, 2.05) is 30.3 Å². The standard InChI is InChI=1S/C20H27NO/c1-19(2,3)14-20(4,5)15-7-6-8-18(13-15)22-17-11-9-16(21)10-12-17/h6-13H,14,21H2,1-5H3. The Morgan fingerprint density at radius 3 is 2.09 bits per heavy atom. The van der Waals surface area contributed by atoms with Gasteiger partial charge in [0.15, 0.2) is 0 Å². The maximum absolute atomic E-state index is 5.94. The number of anilines is 1. The summed E-state index contributed by atoms with van der Waals surface area (Å²) in [7, 11) is 0. The Hall–Kier alpha value is -1.96. The molecule has 0 amide bonds. The summed E-state index contributed by atoms with van der Waals surface area (Å²) >= 11 is 0. The molecular formula is C20H27NO. The van der Waals surface area contributed by atoms with Crippen molar-refractivity contribution in [3.8, 4) is 11.5 Å². The summed E-state index contributed by atoms with van der Waals surface area (Å²) in [6.07, 6.45) is 1.12. The highest BCUT2D eigenvalue weighted by Gasteiger charge is 2.27. The third-order valence-electron chi connectivity index (χ3n) is 3.70. The molecule has 0 heterocycles. The van der Waals surface area contributed by atoms with Gasteiger partial charge in [0.1, 0.15) is 11.5 Å². The van der Waals surface area contributed by atoms with E-state index in [9.17, 15) is 0 Å². The van der Waals surface area contributed by atoms with E-state index in [-0.39, 0.29) is 10.8 Å². The van der Waals surface area contributed by atoms with Crippen LogP contribution >= 0.6 is 0 Å². The number of hydrogen-bond acceptors (Lipinski definition) is 2. The van der Waals surface area contributed by atoms with Crippen LogP contribution in [0.3, 0.4) is 0 Å². The SMILES string of the molecule is CC(C)(C)CC(C)(C)c1cccc(Oc2ccc(N)cc2)c1. The highest BCUT2D eigenvalue weighted by molar-refractivity contribution is 5.43. The fourth-order valence-electron chi connectivity index (χ4n) is 3.08. The number of nitrogens with two attached hydrogens (primary N) is 1. The number of benzene rings is 2. The Morgan fingerprint density at radius 2 is 1.50 bits per heavy atom. The molecule has 0 saturated heterocycles. The molecule has 22 heavy (non-hydrogen) atoms. The summed E-state index contributed by atoms with van der Waals surface area (Å²) in [5.41, 5.74) is 8.15. The molecule has 0 aliphatic carbocycles. The van der Waals surface area contributed by atoms with Crippen molar-refractivity contribution in [3.05, 3.63) is 54.1 Å². The molecule has 0 saturated carbocycles. The summed E-state index contributed by atoms with van der Waals surface area (Å²) in [5.74, 6) is 1.67. The zero-order valence-corrected chi connectivity index (χ0v) is 14.3. The molecule has 2 aromatic rings. The van der Waals surface area contributed by atoms with Crippen molar-refractivity contribution in [1.82, 2.24) is 0 Å². The van der Waals surface area contributed by atoms with E-state index in [1.54, 1.807) is 0 Å². The minimum Gasteiger partial charge on any atom is -0.457 e. The molecule has 2 aromatic carbocycles. The van der Waals surface area contributed by atoms with E-state index in [4.69, 9.17) is 10.5 Å². The number of nitrogen functional groups attached to an aromatic ring is 1. The number of hydrogen-bond donors (Lipinski definition) is 1. The van der Waals surface area contributed by atoms with E-state index >= 15 is 0 Å². The molecule has 2 rings (SSSR count). The van der Waals surface area contributed by atoms with Crippen molar-refractivity contribution in [2.45, 2.75) is 46.5 Å². The highest BCUT2D eigenvalue weighted by Crippen LogP contribution is 2.37. The van der Waals surface area contributed by atoms with Crippen LogP contribution in [0.4, 0.5) is 5.69 Å². The second-order valence-corrected chi connectivity index (χ2v) is 7.82. The van der Waals surface area contributed by atoms with Crippen molar-refractivity contribution in [2.75, 3.05) is 5.73 Å². The molecular weight excluding hydrogens is 270 g/mol. The van der Waals surface area contributed by atoms with Gasteiger partial charge in [-0.15, -0.1) is 0 Å². The quantitative estimate of drug-likeness (QED) is 0.726. The van der Waals surface area contributed by atoms with E-state index in [0.29, 0.717) is 0 Å². The molecule has 0 bridgehead atoms. The van der Waals surface area contributed by atoms with E-state index < -0.39 is 0 Å². The zero-order chi connectivity index (χ0) is 16.4. The van der Waals surface area contributed by atoms with E-state index in [2.05, 4.69) is 52.8 Å². The first-order valence-electron chi connectivity index (χ1n) is 7.80. The molecule has 2 heteroatoms. The van der Waals surface area contributed by atoms with Gasteiger partial charge in [-0.05, 0) is 59.2 Å². The van der Waals surface area contributed by atoms with Crippen LogP contribution in [0.5, 0.6) is 11.5 Å². The molecule has 0 unspecified atom stereocenters. The smallest absolute Gasteiger partial charge is 0.127 e. The first-order chi connectivity index (χ1) is 10.2. The molecule has 0 fully saturated rings. The highest BCUT2D eigenvalue weighted by atomic mass is 16.5. The maximum atomic E-state index is 5.94. The minimum atomic E-state index is 0.110. The fraction of sp³-hybridized carbons (Fsp3) is 0.400. The minimum absolute atomic E-state index is 0.110. The van der Waals surface area contributed by atoms with Crippen LogP contribution in [-0.2, 0) is 5.41 Å². The van der Waals surface area contributed by atoms with Crippen LogP contribution in [0.2, 0.25) is 0 Å². The Bertz CT molecular complexity index is 621. The first-order valence-corrected chi connectivity index (χ1v) is 7.80. The van der Waals surface area contributed by atoms with Crippen LogP contribution in [0.15, 0.2) is 48.5 Å². The Kier molecular flexibility index (Phi) is 4.50. The van der Waals surface area contributed by atoms with Gasteiger partial charge in [0.05, 0.1) is 0 Å². The lowest BCUT2D eigenvalue weighted by Gasteiger charge is -2.33. The van der Waals surface area contributed by atoms with Crippen molar-refractivity contribution < 1.29 is 4.74 Å². The second kappa shape index (κ2) is 6.04. The Balaban J connectivity index is 2.21. The summed E-state index contributed by atoms with van der Waals surface area (Å²) in [6, 6.07) is 15.9. The molecule has 2 nitrogen and oxygen atoms in total. The fourth-order valence-corrected chi connectivity index (χ4v) is 3.08. The molecule has 0 aromatic heterocycles. The van der Waals surface area contributed by atoms with Crippen LogP contribution in [0.25, 0.3) is 0 Å². The van der Waals surface area contributed by atoms with E-state index in [0.717, 1.165) is 23.6 Å². The predicted molar refractivity (Wildman–Crippen MR) is 94.5 cm³/mol. The zero-order valence-electron chi connectivity index (χ0n) is 14.3. The first kappa shape index (κ1) is 16.4. The van der Waals surface area contributed by atoms with Gasteiger partial charge < -0.3 is 10.5 Å². The molecule has 0 atom stereocenters. The Morgan fingerprint density at radius 1 is 0.864 bits per heavy atom. The van der Waals surface area contributed by atoms with Crippen LogP contribution < -0.4 is 10.5 Å². The van der Waals surface area contributed by atoms with Crippen molar-refractivity contribution in [3.63, 3.8) is 0 Å². The van der Waals surface area contributed by atoms with Crippen LogP contribution in [0.1, 0.15) is 46.6 Å². The van der Waals surface area contributed by atoms with E-state index in [1.165, 1.54) is 5.56 Å². The van der Waals surface area contributed by atoms with Crippen LogP contribution in [-0.4, -0.2) is 0 Å². The molecule has 118 valence electrons. The summed E-state index contributed by atoms with van der Waals surface area (Å²) in [4.78, 5) is 0. The molecule has 0 spiro atoms. The maximum Gasteiger partial charge on any atom is 0.127 e. The average molecular weight is 297 g/mol. The van der Waals surface area contributed by atoms with Crippen molar-refractivity contribution in [2.24, 2.45) is 5.41 Å². The summed E-state index contributed by atoms with van der Waals surface area (Å²) < 4.78 is 5.94. The predicted octanol–water partition coefficient (Wildman–Crippen LogP) is 5.77. The topological polar surface area (TPSA) is 35.2 Å². The monoisotopic (exact) mass is 297 g/mol. The van der Waals surface area contributed by atoms with Gasteiger partial charge in [-0.2, -0.15) is 0 Å². The largest absolute Gasteiger partial charge is 0.457 e. The third-order valence-corrected chi connectivity index (χ3v) is 3.70. The van der Waals surface area contributed by atoms with Gasteiger partial charge in [0, 0.05) is 5.69 Å². The van der Waals surface area contributed by atoms with Crippen molar-refractivity contribution >= 4 is 5.69 Å². The lowest BCUT2D eigenvalue weighted by atomic mass is 9.72. The van der Waals surface area contributed by atoms with Crippen LogP contribution in [0, 0.1) is 5.41 Å². The molecule has 0 aliphatic heterocycles. The number of ether oxygens (including phenoxy) is 1. The lowest BCUT2D eigenvalue weighted by molar-refractivity contribution is 0.283. The third kappa shape index (κ3) is 4.52. The van der Waals surface area contributed by atoms with Gasteiger partial charge in [0.2, 0.25) is 0 Å².